The lowest BCUT2D eigenvalue weighted by atomic mass is 9.58. The van der Waals surface area contributed by atoms with Gasteiger partial charge in [0.25, 0.3) is 0 Å². The summed E-state index contributed by atoms with van der Waals surface area (Å²) in [4.78, 5) is 0. The molecule has 0 aromatic rings. The van der Waals surface area contributed by atoms with Gasteiger partial charge < -0.3 is 14.6 Å². The van der Waals surface area contributed by atoms with E-state index in [0.717, 1.165) is 25.9 Å². The number of aliphatic hydroxyl groups excluding tert-OH is 1. The number of hydrogen-bond acceptors (Lipinski definition) is 3. The maximum atomic E-state index is 11.2. The quantitative estimate of drug-likeness (QED) is 0.117. The average Bonchev–Trinajstić information content (AvgIpc) is 2.84. The second-order valence-electron chi connectivity index (χ2n) is 14.9. The molecule has 1 saturated carbocycles. The molecule has 228 valence electrons. The zero-order valence-corrected chi connectivity index (χ0v) is 27.3. The van der Waals surface area contributed by atoms with Crippen LogP contribution in [-0.2, 0) is 9.47 Å². The van der Waals surface area contributed by atoms with E-state index in [2.05, 4.69) is 55.4 Å². The molecule has 0 saturated heterocycles. The third kappa shape index (κ3) is 15.6. The SMILES string of the molecule is CCCCCCCCCCCCCCCCCCOCOC(C)C1CC(C(C)(C)C)C(O)C(C(C)(C)C)C1. The molecule has 3 nitrogen and oxygen atoms in total. The highest BCUT2D eigenvalue weighted by molar-refractivity contribution is 4.96. The fourth-order valence-electron chi connectivity index (χ4n) is 6.53. The van der Waals surface area contributed by atoms with Crippen LogP contribution >= 0.6 is 0 Å². The van der Waals surface area contributed by atoms with E-state index in [1.165, 1.54) is 96.3 Å². The largest absolute Gasteiger partial charge is 0.393 e. The molecule has 0 amide bonds. The molecule has 3 heteroatoms. The molecule has 0 radical (unpaired) electrons. The highest BCUT2D eigenvalue weighted by atomic mass is 16.7. The van der Waals surface area contributed by atoms with Crippen LogP contribution in [0.5, 0.6) is 0 Å². The summed E-state index contributed by atoms with van der Waals surface area (Å²) in [7, 11) is 0. The van der Waals surface area contributed by atoms with Gasteiger partial charge in [0.2, 0.25) is 0 Å². The van der Waals surface area contributed by atoms with E-state index in [9.17, 15) is 5.11 Å². The molecule has 38 heavy (non-hydrogen) atoms. The first-order chi connectivity index (χ1) is 18.0. The molecule has 0 bridgehead atoms. The van der Waals surface area contributed by atoms with Gasteiger partial charge in [0.1, 0.15) is 6.79 Å². The molecule has 3 atom stereocenters. The third-order valence-corrected chi connectivity index (χ3v) is 9.38. The third-order valence-electron chi connectivity index (χ3n) is 9.38. The summed E-state index contributed by atoms with van der Waals surface area (Å²) in [6.07, 6.45) is 24.3. The molecule has 0 heterocycles. The Labute approximate surface area is 239 Å². The zero-order chi connectivity index (χ0) is 28.4. The van der Waals surface area contributed by atoms with Gasteiger partial charge in [-0.25, -0.2) is 0 Å². The molecule has 0 aliphatic heterocycles. The highest BCUT2D eigenvalue weighted by Gasteiger charge is 2.47. The van der Waals surface area contributed by atoms with E-state index < -0.39 is 0 Å². The van der Waals surface area contributed by atoms with Gasteiger partial charge >= 0.3 is 0 Å². The molecule has 0 aromatic heterocycles. The highest BCUT2D eigenvalue weighted by Crippen LogP contribution is 2.49. The average molecular weight is 539 g/mol. The van der Waals surface area contributed by atoms with Crippen LogP contribution in [0.1, 0.15) is 171 Å². The molecular formula is C35H70O3. The molecule has 1 aliphatic carbocycles. The predicted molar refractivity (Wildman–Crippen MR) is 166 cm³/mol. The van der Waals surface area contributed by atoms with Crippen LogP contribution in [0.4, 0.5) is 0 Å². The minimum Gasteiger partial charge on any atom is -0.393 e. The molecule has 1 aliphatic rings. The number of hydrogen-bond donors (Lipinski definition) is 1. The fraction of sp³-hybridized carbons (Fsp3) is 1.00. The Morgan fingerprint density at radius 3 is 1.37 bits per heavy atom. The molecule has 1 N–H and O–H groups in total. The number of unbranched alkanes of at least 4 members (excludes halogenated alkanes) is 15. The molecule has 0 aromatic carbocycles. The van der Waals surface area contributed by atoms with E-state index in [1.54, 1.807) is 0 Å². The normalized spacial score (nSPS) is 23.6. The maximum absolute atomic E-state index is 11.2. The molecule has 1 rings (SSSR count). The van der Waals surface area contributed by atoms with Gasteiger partial charge in [0.15, 0.2) is 0 Å². The minimum atomic E-state index is -0.232. The van der Waals surface area contributed by atoms with E-state index in [4.69, 9.17) is 9.47 Å². The lowest BCUT2D eigenvalue weighted by molar-refractivity contribution is -0.139. The van der Waals surface area contributed by atoms with Crippen LogP contribution in [-0.4, -0.2) is 30.7 Å². The summed E-state index contributed by atoms with van der Waals surface area (Å²) in [5, 5.41) is 11.2. The van der Waals surface area contributed by atoms with Crippen molar-refractivity contribution in [3.05, 3.63) is 0 Å². The van der Waals surface area contributed by atoms with Crippen molar-refractivity contribution in [2.45, 2.75) is 183 Å². The molecule has 1 fully saturated rings. The van der Waals surface area contributed by atoms with Crippen LogP contribution in [0.25, 0.3) is 0 Å². The monoisotopic (exact) mass is 539 g/mol. The Morgan fingerprint density at radius 1 is 0.632 bits per heavy atom. The van der Waals surface area contributed by atoms with E-state index >= 15 is 0 Å². The summed E-state index contributed by atoms with van der Waals surface area (Å²) in [5.74, 6) is 1.09. The number of rotatable bonds is 21. The maximum Gasteiger partial charge on any atom is 0.147 e. The van der Waals surface area contributed by atoms with Crippen molar-refractivity contribution in [2.75, 3.05) is 13.4 Å². The lowest BCUT2D eigenvalue weighted by Gasteiger charge is -2.50. The van der Waals surface area contributed by atoms with E-state index in [0.29, 0.717) is 24.5 Å². The van der Waals surface area contributed by atoms with E-state index in [-0.39, 0.29) is 23.0 Å². The Hall–Kier alpha value is -0.120. The van der Waals surface area contributed by atoms with Crippen LogP contribution in [0.2, 0.25) is 0 Å². The van der Waals surface area contributed by atoms with Crippen LogP contribution in [0.3, 0.4) is 0 Å². The standard InChI is InChI=1S/C35H70O3/c1-9-10-11-12-13-14-15-16-17-18-19-20-21-22-23-24-25-37-28-38-29(2)30-26-31(34(3,4)5)33(36)32(27-30)35(6,7)8/h29-33,36H,9-28H2,1-8H3. The molecule has 0 spiro atoms. The summed E-state index contributed by atoms with van der Waals surface area (Å²) >= 11 is 0. The summed E-state index contributed by atoms with van der Waals surface area (Å²) < 4.78 is 12.0. The predicted octanol–water partition coefficient (Wildman–Crippen LogP) is 10.7. The molecule has 3 unspecified atom stereocenters. The summed E-state index contributed by atoms with van der Waals surface area (Å²) in [6, 6.07) is 0. The topological polar surface area (TPSA) is 38.7 Å². The van der Waals surface area contributed by atoms with Crippen molar-refractivity contribution in [1.82, 2.24) is 0 Å². The van der Waals surface area contributed by atoms with Crippen molar-refractivity contribution in [3.63, 3.8) is 0 Å². The Kier molecular flexibility index (Phi) is 18.8. The Balaban J connectivity index is 2.04. The number of aliphatic hydroxyl groups is 1. The zero-order valence-electron chi connectivity index (χ0n) is 27.3. The van der Waals surface area contributed by atoms with Gasteiger partial charge in [-0.2, -0.15) is 0 Å². The van der Waals surface area contributed by atoms with Crippen molar-refractivity contribution in [3.8, 4) is 0 Å². The smallest absolute Gasteiger partial charge is 0.147 e. The van der Waals surface area contributed by atoms with Crippen molar-refractivity contribution in [1.29, 1.82) is 0 Å². The van der Waals surface area contributed by atoms with Gasteiger partial charge in [-0.05, 0) is 54.8 Å². The fourth-order valence-corrected chi connectivity index (χ4v) is 6.53. The van der Waals surface area contributed by atoms with Gasteiger partial charge in [0, 0.05) is 6.61 Å². The number of ether oxygens (including phenoxy) is 2. The lowest BCUT2D eigenvalue weighted by Crippen LogP contribution is -2.49. The first-order valence-electron chi connectivity index (χ1n) is 16.9. The van der Waals surface area contributed by atoms with Crippen LogP contribution in [0.15, 0.2) is 0 Å². The van der Waals surface area contributed by atoms with Crippen molar-refractivity contribution >= 4 is 0 Å². The summed E-state index contributed by atoms with van der Waals surface area (Å²) in [6.45, 7) is 19.4. The Bertz CT molecular complexity index is 522. The first-order valence-corrected chi connectivity index (χ1v) is 16.9. The first kappa shape index (κ1) is 35.9. The van der Waals surface area contributed by atoms with Crippen LogP contribution in [0, 0.1) is 28.6 Å². The van der Waals surface area contributed by atoms with Crippen molar-refractivity contribution in [2.24, 2.45) is 28.6 Å². The van der Waals surface area contributed by atoms with Crippen LogP contribution < -0.4 is 0 Å². The Morgan fingerprint density at radius 2 is 1.00 bits per heavy atom. The minimum absolute atomic E-state index is 0.102. The van der Waals surface area contributed by atoms with Gasteiger partial charge in [-0.3, -0.25) is 0 Å². The second-order valence-corrected chi connectivity index (χ2v) is 14.9. The summed E-state index contributed by atoms with van der Waals surface area (Å²) in [5.41, 5.74) is 0.204. The van der Waals surface area contributed by atoms with Gasteiger partial charge in [-0.15, -0.1) is 0 Å². The van der Waals surface area contributed by atoms with Crippen molar-refractivity contribution < 1.29 is 14.6 Å². The van der Waals surface area contributed by atoms with E-state index in [1.807, 2.05) is 0 Å². The van der Waals surface area contributed by atoms with Gasteiger partial charge in [-0.1, -0.05) is 145 Å². The van der Waals surface area contributed by atoms with Gasteiger partial charge in [0.05, 0.1) is 12.2 Å². The molecular weight excluding hydrogens is 468 g/mol. The second kappa shape index (κ2) is 19.9.